The molecule has 0 radical (unpaired) electrons. The van der Waals surface area contributed by atoms with E-state index in [0.717, 1.165) is 20.1 Å². The van der Waals surface area contributed by atoms with Gasteiger partial charge in [-0.25, -0.2) is 0 Å². The van der Waals surface area contributed by atoms with Gasteiger partial charge in [-0.15, -0.1) is 0 Å². The molecule has 4 aromatic rings. The summed E-state index contributed by atoms with van der Waals surface area (Å²) in [5.41, 5.74) is 3.11. The number of hydrogen-bond acceptors (Lipinski definition) is 3. The van der Waals surface area contributed by atoms with Crippen LogP contribution in [0.4, 0.5) is 5.69 Å². The molecule has 0 spiro atoms. The molecule has 4 rings (SSSR count). The molecule has 0 aliphatic carbocycles. The van der Waals surface area contributed by atoms with Crippen molar-refractivity contribution in [2.24, 2.45) is 0 Å². The van der Waals surface area contributed by atoms with E-state index in [-0.39, 0.29) is 11.5 Å². The molecule has 0 saturated carbocycles. The normalized spacial score (nSPS) is 11.3. The van der Waals surface area contributed by atoms with Crippen LogP contribution in [0.1, 0.15) is 31.8 Å². The van der Waals surface area contributed by atoms with E-state index in [1.165, 1.54) is 6.08 Å². The summed E-state index contributed by atoms with van der Waals surface area (Å²) >= 11 is 6.84. The van der Waals surface area contributed by atoms with E-state index in [0.29, 0.717) is 16.8 Å². The second-order valence-electron chi connectivity index (χ2n) is 8.22. The lowest BCUT2D eigenvalue weighted by Crippen LogP contribution is -2.30. The molecule has 5 nitrogen and oxygen atoms in total. The minimum Gasteiger partial charge on any atom is -0.321 e. The molecule has 0 aromatic heterocycles. The van der Waals surface area contributed by atoms with Crippen LogP contribution in [-0.2, 0) is 4.79 Å². The lowest BCUT2D eigenvalue weighted by atomic mass is 10.1. The minimum absolute atomic E-state index is 0.0778. The van der Waals surface area contributed by atoms with Gasteiger partial charge in [0.2, 0.25) is 0 Å². The van der Waals surface area contributed by atoms with Crippen LogP contribution in [0.15, 0.2) is 124 Å². The summed E-state index contributed by atoms with van der Waals surface area (Å²) in [4.78, 5) is 38.6. The van der Waals surface area contributed by atoms with Crippen molar-refractivity contribution in [1.29, 1.82) is 0 Å². The van der Waals surface area contributed by atoms with Crippen LogP contribution in [0.2, 0.25) is 0 Å². The number of halogens is 2. The molecule has 2 amide bonds. The van der Waals surface area contributed by atoms with Crippen molar-refractivity contribution < 1.29 is 14.4 Å². The number of hydrogen-bond donors (Lipinski definition) is 2. The second kappa shape index (κ2) is 12.9. The van der Waals surface area contributed by atoms with Gasteiger partial charge in [-0.05, 0) is 83.9 Å². The number of allylic oxidation sites excluding steroid dienone is 1. The van der Waals surface area contributed by atoms with E-state index in [1.807, 2.05) is 54.6 Å². The second-order valence-corrected chi connectivity index (χ2v) is 10.0. The summed E-state index contributed by atoms with van der Waals surface area (Å²) in [6.45, 7) is 0. The number of carbonyl (C=O) groups excluding carboxylic acids is 3. The summed E-state index contributed by atoms with van der Waals surface area (Å²) in [6.07, 6.45) is 4.86. The van der Waals surface area contributed by atoms with Crippen molar-refractivity contribution in [3.8, 4) is 0 Å². The lowest BCUT2D eigenvalue weighted by molar-refractivity contribution is -0.113. The van der Waals surface area contributed by atoms with E-state index in [9.17, 15) is 14.4 Å². The Morgan fingerprint density at radius 3 is 1.95 bits per heavy atom. The first-order valence-electron chi connectivity index (χ1n) is 11.6. The first-order valence-corrected chi connectivity index (χ1v) is 13.2. The maximum Gasteiger partial charge on any atom is 0.272 e. The predicted octanol–water partition coefficient (Wildman–Crippen LogP) is 7.52. The maximum absolute atomic E-state index is 13.2. The minimum atomic E-state index is -0.497. The van der Waals surface area contributed by atoms with Crippen molar-refractivity contribution in [3.05, 3.63) is 146 Å². The van der Waals surface area contributed by atoms with E-state index < -0.39 is 11.8 Å². The van der Waals surface area contributed by atoms with Crippen LogP contribution in [0, 0.1) is 0 Å². The van der Waals surface area contributed by atoms with Crippen molar-refractivity contribution in [2.45, 2.75) is 0 Å². The van der Waals surface area contributed by atoms with Crippen molar-refractivity contribution in [1.82, 2.24) is 5.32 Å². The Morgan fingerprint density at radius 1 is 0.658 bits per heavy atom. The first kappa shape index (κ1) is 27.0. The Morgan fingerprint density at radius 2 is 1.29 bits per heavy atom. The summed E-state index contributed by atoms with van der Waals surface area (Å²) in [5, 5.41) is 5.51. The Hall–Kier alpha value is -4.07. The molecular formula is C31H22Br2N2O3. The highest BCUT2D eigenvalue weighted by Gasteiger charge is 2.15. The summed E-state index contributed by atoms with van der Waals surface area (Å²) in [5.74, 6) is -1.06. The molecule has 38 heavy (non-hydrogen) atoms. The number of amides is 2. The van der Waals surface area contributed by atoms with Crippen LogP contribution < -0.4 is 10.6 Å². The Bertz CT molecular complexity index is 1530. The zero-order valence-corrected chi connectivity index (χ0v) is 23.2. The van der Waals surface area contributed by atoms with E-state index >= 15 is 0 Å². The fourth-order valence-corrected chi connectivity index (χ4v) is 4.33. The number of benzene rings is 4. The largest absolute Gasteiger partial charge is 0.321 e. The lowest BCUT2D eigenvalue weighted by Gasteiger charge is -2.12. The van der Waals surface area contributed by atoms with Crippen LogP contribution in [0.5, 0.6) is 0 Å². The van der Waals surface area contributed by atoms with Crippen LogP contribution in [-0.4, -0.2) is 17.6 Å². The van der Waals surface area contributed by atoms with Crippen LogP contribution in [0.3, 0.4) is 0 Å². The highest BCUT2D eigenvalue weighted by molar-refractivity contribution is 9.10. The summed E-state index contributed by atoms with van der Waals surface area (Å²) < 4.78 is 1.77. The Labute approximate surface area is 237 Å². The van der Waals surface area contributed by atoms with Gasteiger partial charge in [0, 0.05) is 25.8 Å². The van der Waals surface area contributed by atoms with E-state index in [1.54, 1.807) is 60.7 Å². The van der Waals surface area contributed by atoms with Crippen molar-refractivity contribution in [2.75, 3.05) is 5.32 Å². The standard InChI is InChI=1S/C31H22Br2N2O3/c32-25-10-4-6-21(18-25)12-17-29(36)23-13-15-27(16-14-23)34-31(38)28(20-22-7-5-11-26(33)19-22)35-30(37)24-8-2-1-3-9-24/h1-20H,(H,34,38)(H,35,37)/b17-12+,28-20-. The zero-order chi connectivity index (χ0) is 26.9. The smallest absolute Gasteiger partial charge is 0.272 e. The zero-order valence-electron chi connectivity index (χ0n) is 20.0. The van der Waals surface area contributed by atoms with E-state index in [2.05, 4.69) is 42.5 Å². The van der Waals surface area contributed by atoms with Crippen LogP contribution >= 0.6 is 31.9 Å². The topological polar surface area (TPSA) is 75.3 Å². The molecule has 188 valence electrons. The van der Waals surface area contributed by atoms with Gasteiger partial charge < -0.3 is 10.6 Å². The number of rotatable bonds is 8. The fourth-order valence-electron chi connectivity index (χ4n) is 3.50. The number of nitrogens with one attached hydrogen (secondary N) is 2. The highest BCUT2D eigenvalue weighted by atomic mass is 79.9. The third-order valence-electron chi connectivity index (χ3n) is 5.39. The average Bonchev–Trinajstić information content (AvgIpc) is 2.92. The quantitative estimate of drug-likeness (QED) is 0.156. The summed E-state index contributed by atoms with van der Waals surface area (Å²) in [7, 11) is 0. The molecule has 0 saturated heterocycles. The van der Waals surface area contributed by atoms with Gasteiger partial charge in [0.15, 0.2) is 5.78 Å². The summed E-state index contributed by atoms with van der Waals surface area (Å²) in [6, 6.07) is 30.2. The highest BCUT2D eigenvalue weighted by Crippen LogP contribution is 2.17. The molecule has 0 fully saturated rings. The van der Waals surface area contributed by atoms with Gasteiger partial charge in [-0.1, -0.05) is 80.4 Å². The molecule has 0 aliphatic heterocycles. The number of ketones is 1. The third kappa shape index (κ3) is 7.71. The molecule has 4 aromatic carbocycles. The van der Waals surface area contributed by atoms with E-state index in [4.69, 9.17) is 0 Å². The van der Waals surface area contributed by atoms with Gasteiger partial charge in [-0.2, -0.15) is 0 Å². The number of anilines is 1. The van der Waals surface area contributed by atoms with Gasteiger partial charge in [0.25, 0.3) is 11.8 Å². The Kier molecular flexibility index (Phi) is 9.19. The molecule has 0 atom stereocenters. The number of carbonyl (C=O) groups is 3. The Balaban J connectivity index is 1.49. The van der Waals surface area contributed by atoms with Gasteiger partial charge >= 0.3 is 0 Å². The molecule has 0 bridgehead atoms. The molecule has 7 heteroatoms. The average molecular weight is 630 g/mol. The van der Waals surface area contributed by atoms with Gasteiger partial charge in [0.1, 0.15) is 5.70 Å². The monoisotopic (exact) mass is 628 g/mol. The molecule has 0 unspecified atom stereocenters. The fraction of sp³-hybridized carbons (Fsp3) is 0. The molecule has 0 heterocycles. The predicted molar refractivity (Wildman–Crippen MR) is 159 cm³/mol. The van der Waals surface area contributed by atoms with Gasteiger partial charge in [-0.3, -0.25) is 14.4 Å². The molecular weight excluding hydrogens is 608 g/mol. The van der Waals surface area contributed by atoms with Gasteiger partial charge in [0.05, 0.1) is 0 Å². The van der Waals surface area contributed by atoms with Crippen molar-refractivity contribution in [3.63, 3.8) is 0 Å². The first-order chi connectivity index (χ1) is 18.4. The SMILES string of the molecule is O=C(Nc1ccc(C(=O)/C=C/c2cccc(Br)c2)cc1)/C(=C/c1cccc(Br)c1)NC(=O)c1ccccc1. The molecule has 2 N–H and O–H groups in total. The maximum atomic E-state index is 13.2. The van der Waals surface area contributed by atoms with Crippen LogP contribution in [0.25, 0.3) is 12.2 Å². The third-order valence-corrected chi connectivity index (χ3v) is 6.38. The van der Waals surface area contributed by atoms with Crippen molar-refractivity contribution >= 4 is 67.3 Å². The molecule has 0 aliphatic rings.